The molecule has 0 radical (unpaired) electrons. The maximum Gasteiger partial charge on any atom is 0.0174 e. The number of thioether (sulfide) groups is 1. The van der Waals surface area contributed by atoms with E-state index in [9.17, 15) is 0 Å². The number of hydrogen-bond donors (Lipinski definition) is 0. The molecule has 0 spiro atoms. The molecule has 0 N–H and O–H groups in total. The molecule has 0 nitrogen and oxygen atoms in total. The van der Waals surface area contributed by atoms with Gasteiger partial charge in [0, 0.05) is 4.83 Å². The molecule has 3 unspecified atom stereocenters. The molecule has 0 aromatic heterocycles. The predicted molar refractivity (Wildman–Crippen MR) is 86.9 cm³/mol. The van der Waals surface area contributed by atoms with Crippen molar-refractivity contribution in [2.24, 2.45) is 5.92 Å². The molecule has 1 aliphatic carbocycles. The van der Waals surface area contributed by atoms with Gasteiger partial charge in [-0.3, -0.25) is 0 Å². The summed E-state index contributed by atoms with van der Waals surface area (Å²) in [7, 11) is 0. The van der Waals surface area contributed by atoms with Crippen LogP contribution >= 0.6 is 27.7 Å². The van der Waals surface area contributed by atoms with Crippen molar-refractivity contribution in [3.8, 4) is 0 Å². The Hall–Kier alpha value is 0.0500. The maximum atomic E-state index is 3.90. The zero-order valence-corrected chi connectivity index (χ0v) is 13.6. The molecule has 100 valence electrons. The summed E-state index contributed by atoms with van der Waals surface area (Å²) < 4.78 is 0. The standard InChI is InChI=1S/C16H23BrS/c1-2-18-11-10-15-12-14(8-9-16(15)17)13-6-4-3-5-7-13/h3-7,14-16H,2,8-12H2,1H3. The van der Waals surface area contributed by atoms with Gasteiger partial charge in [0.25, 0.3) is 0 Å². The molecule has 0 heterocycles. The Balaban J connectivity index is 1.91. The molecule has 3 atom stereocenters. The van der Waals surface area contributed by atoms with Gasteiger partial charge in [-0.1, -0.05) is 53.2 Å². The lowest BCUT2D eigenvalue weighted by molar-refractivity contribution is 0.331. The Bertz CT molecular complexity index is 338. The minimum absolute atomic E-state index is 0.745. The minimum atomic E-state index is 0.745. The Morgan fingerprint density at radius 3 is 2.72 bits per heavy atom. The summed E-state index contributed by atoms with van der Waals surface area (Å²) in [5.41, 5.74) is 1.55. The van der Waals surface area contributed by atoms with E-state index in [4.69, 9.17) is 0 Å². The summed E-state index contributed by atoms with van der Waals surface area (Å²) >= 11 is 5.98. The smallest absolute Gasteiger partial charge is 0.0174 e. The van der Waals surface area contributed by atoms with Gasteiger partial charge in [0.1, 0.15) is 0 Å². The van der Waals surface area contributed by atoms with E-state index in [0.717, 1.165) is 16.7 Å². The third kappa shape index (κ3) is 4.03. The largest absolute Gasteiger partial charge is 0.162 e. The summed E-state index contributed by atoms with van der Waals surface area (Å²) in [6, 6.07) is 11.1. The molecule has 1 aromatic carbocycles. The maximum absolute atomic E-state index is 3.90. The van der Waals surface area contributed by atoms with Gasteiger partial charge >= 0.3 is 0 Å². The Labute approximate surface area is 124 Å². The monoisotopic (exact) mass is 326 g/mol. The SMILES string of the molecule is CCSCCC1CC(c2ccccc2)CCC1Br. The average molecular weight is 327 g/mol. The number of benzene rings is 1. The van der Waals surface area contributed by atoms with Crippen molar-refractivity contribution in [3.63, 3.8) is 0 Å². The van der Waals surface area contributed by atoms with Gasteiger partial charge in [0.05, 0.1) is 0 Å². The van der Waals surface area contributed by atoms with Crippen LogP contribution in [0.4, 0.5) is 0 Å². The highest BCUT2D eigenvalue weighted by atomic mass is 79.9. The van der Waals surface area contributed by atoms with Crippen molar-refractivity contribution >= 4 is 27.7 Å². The highest BCUT2D eigenvalue weighted by Crippen LogP contribution is 2.41. The van der Waals surface area contributed by atoms with E-state index in [1.807, 2.05) is 0 Å². The van der Waals surface area contributed by atoms with Gasteiger partial charge in [0.2, 0.25) is 0 Å². The molecule has 1 aliphatic rings. The highest BCUT2D eigenvalue weighted by Gasteiger charge is 2.29. The molecule has 0 bridgehead atoms. The summed E-state index contributed by atoms with van der Waals surface area (Å²) in [5, 5.41) is 0. The molecule has 18 heavy (non-hydrogen) atoms. The van der Waals surface area contributed by atoms with E-state index in [2.05, 4.69) is 64.9 Å². The van der Waals surface area contributed by atoms with Crippen molar-refractivity contribution in [1.29, 1.82) is 0 Å². The molecule has 0 aliphatic heterocycles. The van der Waals surface area contributed by atoms with Crippen molar-refractivity contribution in [1.82, 2.24) is 0 Å². The van der Waals surface area contributed by atoms with Crippen LogP contribution in [-0.2, 0) is 0 Å². The summed E-state index contributed by atoms with van der Waals surface area (Å²) in [5.74, 6) is 4.23. The van der Waals surface area contributed by atoms with Crippen LogP contribution in [0.25, 0.3) is 0 Å². The predicted octanol–water partition coefficient (Wildman–Crippen LogP) is 5.48. The lowest BCUT2D eigenvalue weighted by Crippen LogP contribution is -2.24. The molecule has 1 saturated carbocycles. The van der Waals surface area contributed by atoms with Gasteiger partial charge < -0.3 is 0 Å². The molecule has 1 aromatic rings. The first-order chi connectivity index (χ1) is 8.81. The Morgan fingerprint density at radius 2 is 2.00 bits per heavy atom. The Morgan fingerprint density at radius 1 is 1.22 bits per heavy atom. The van der Waals surface area contributed by atoms with Crippen LogP contribution in [-0.4, -0.2) is 16.3 Å². The number of alkyl halides is 1. The molecular formula is C16H23BrS. The van der Waals surface area contributed by atoms with E-state index in [1.54, 1.807) is 5.56 Å². The fourth-order valence-electron chi connectivity index (χ4n) is 2.93. The first kappa shape index (κ1) is 14.5. The van der Waals surface area contributed by atoms with Crippen LogP contribution in [0.3, 0.4) is 0 Å². The zero-order chi connectivity index (χ0) is 12.8. The number of rotatable bonds is 5. The van der Waals surface area contributed by atoms with Crippen molar-refractivity contribution in [2.75, 3.05) is 11.5 Å². The lowest BCUT2D eigenvalue weighted by Gasteiger charge is -2.33. The van der Waals surface area contributed by atoms with Crippen LogP contribution in [0.1, 0.15) is 44.1 Å². The Kier molecular flexibility index (Phi) is 6.10. The van der Waals surface area contributed by atoms with E-state index in [0.29, 0.717) is 0 Å². The zero-order valence-electron chi connectivity index (χ0n) is 11.1. The van der Waals surface area contributed by atoms with E-state index in [1.165, 1.54) is 37.2 Å². The average Bonchev–Trinajstić information content (AvgIpc) is 2.42. The van der Waals surface area contributed by atoms with Crippen molar-refractivity contribution < 1.29 is 0 Å². The van der Waals surface area contributed by atoms with Gasteiger partial charge in [-0.2, -0.15) is 11.8 Å². The fourth-order valence-corrected chi connectivity index (χ4v) is 4.44. The molecule has 0 saturated heterocycles. The first-order valence-corrected chi connectivity index (χ1v) is 9.15. The van der Waals surface area contributed by atoms with Crippen LogP contribution in [0.2, 0.25) is 0 Å². The first-order valence-electron chi connectivity index (χ1n) is 7.08. The molecule has 2 rings (SSSR count). The highest BCUT2D eigenvalue weighted by molar-refractivity contribution is 9.09. The van der Waals surface area contributed by atoms with Gasteiger partial charge in [0.15, 0.2) is 0 Å². The normalized spacial score (nSPS) is 28.2. The van der Waals surface area contributed by atoms with Crippen LogP contribution in [0, 0.1) is 5.92 Å². The van der Waals surface area contributed by atoms with Crippen LogP contribution in [0.15, 0.2) is 30.3 Å². The minimum Gasteiger partial charge on any atom is -0.162 e. The van der Waals surface area contributed by atoms with Crippen LogP contribution in [0.5, 0.6) is 0 Å². The topological polar surface area (TPSA) is 0 Å². The number of halogens is 1. The summed E-state index contributed by atoms with van der Waals surface area (Å²) in [6.07, 6.45) is 5.42. The lowest BCUT2D eigenvalue weighted by atomic mass is 9.77. The summed E-state index contributed by atoms with van der Waals surface area (Å²) in [4.78, 5) is 0.745. The van der Waals surface area contributed by atoms with E-state index >= 15 is 0 Å². The third-order valence-electron chi connectivity index (χ3n) is 4.00. The van der Waals surface area contributed by atoms with Gasteiger partial charge in [-0.05, 0) is 54.6 Å². The van der Waals surface area contributed by atoms with Crippen molar-refractivity contribution in [3.05, 3.63) is 35.9 Å². The third-order valence-corrected chi connectivity index (χ3v) is 6.14. The van der Waals surface area contributed by atoms with Gasteiger partial charge in [-0.25, -0.2) is 0 Å². The molecular weight excluding hydrogens is 304 g/mol. The van der Waals surface area contributed by atoms with Crippen molar-refractivity contribution in [2.45, 2.75) is 43.4 Å². The molecule has 1 fully saturated rings. The number of hydrogen-bond acceptors (Lipinski definition) is 1. The molecule has 2 heteroatoms. The quantitative estimate of drug-likeness (QED) is 0.510. The van der Waals surface area contributed by atoms with Crippen LogP contribution < -0.4 is 0 Å². The van der Waals surface area contributed by atoms with E-state index < -0.39 is 0 Å². The van der Waals surface area contributed by atoms with Gasteiger partial charge in [-0.15, -0.1) is 0 Å². The van der Waals surface area contributed by atoms with E-state index in [-0.39, 0.29) is 0 Å². The second-order valence-electron chi connectivity index (χ2n) is 5.18. The fraction of sp³-hybridized carbons (Fsp3) is 0.625. The second kappa shape index (κ2) is 7.59. The summed E-state index contributed by atoms with van der Waals surface area (Å²) in [6.45, 7) is 2.25. The second-order valence-corrected chi connectivity index (χ2v) is 7.75. The molecule has 0 amide bonds.